The van der Waals surface area contributed by atoms with E-state index in [2.05, 4.69) is 0 Å². The number of fused-ring (bicyclic) bond motifs is 1. The Hall–Kier alpha value is -2.80. The second-order valence-corrected chi connectivity index (χ2v) is 8.74. The number of rotatable bonds is 4. The Morgan fingerprint density at radius 3 is 2.16 bits per heavy atom. The number of amides is 2. The molecule has 156 valence electrons. The van der Waals surface area contributed by atoms with E-state index in [0.29, 0.717) is 10.7 Å². The number of nitrogens with zero attached hydrogens (tertiary/aromatic N) is 2. The molecule has 5 nitrogen and oxygen atoms in total. The Labute approximate surface area is 189 Å². The molecule has 2 heterocycles. The normalized spacial score (nSPS) is 22.8. The SMILES string of the molecule is CSc1ccc([C@H]2[C@H]3C(=O)N(c4ccc(Cl)cc4)C(=O)[C@@H]3ON2c2ccccc2)cc1. The van der Waals surface area contributed by atoms with Crippen molar-refractivity contribution in [3.63, 3.8) is 0 Å². The van der Waals surface area contributed by atoms with Crippen molar-refractivity contribution >= 4 is 46.6 Å². The number of carbonyl (C=O) groups excluding carboxylic acids is 2. The summed E-state index contributed by atoms with van der Waals surface area (Å²) in [6.07, 6.45) is 1.14. The summed E-state index contributed by atoms with van der Waals surface area (Å²) in [6.45, 7) is 0. The molecule has 7 heteroatoms. The minimum atomic E-state index is -0.881. The first-order valence-corrected chi connectivity index (χ1v) is 11.5. The number of hydroxylamine groups is 1. The van der Waals surface area contributed by atoms with Gasteiger partial charge in [-0.25, -0.2) is 9.96 Å². The van der Waals surface area contributed by atoms with E-state index in [4.69, 9.17) is 16.4 Å². The molecular weight excluding hydrogens is 432 g/mol. The quantitative estimate of drug-likeness (QED) is 0.408. The molecule has 3 aromatic rings. The number of carbonyl (C=O) groups is 2. The van der Waals surface area contributed by atoms with Gasteiger partial charge in [-0.2, -0.15) is 0 Å². The van der Waals surface area contributed by atoms with E-state index in [-0.39, 0.29) is 11.8 Å². The van der Waals surface area contributed by atoms with E-state index < -0.39 is 18.1 Å². The van der Waals surface area contributed by atoms with E-state index in [1.54, 1.807) is 41.1 Å². The summed E-state index contributed by atoms with van der Waals surface area (Å²) in [6, 6.07) is 23.9. The van der Waals surface area contributed by atoms with Crippen LogP contribution in [0.3, 0.4) is 0 Å². The van der Waals surface area contributed by atoms with Gasteiger partial charge in [0, 0.05) is 9.92 Å². The molecule has 2 amide bonds. The second-order valence-electron chi connectivity index (χ2n) is 7.42. The molecule has 0 bridgehead atoms. The van der Waals surface area contributed by atoms with E-state index in [9.17, 15) is 9.59 Å². The van der Waals surface area contributed by atoms with Crippen LogP contribution in [0.15, 0.2) is 83.8 Å². The monoisotopic (exact) mass is 450 g/mol. The van der Waals surface area contributed by atoms with Gasteiger partial charge >= 0.3 is 0 Å². The van der Waals surface area contributed by atoms with Crippen LogP contribution in [0.1, 0.15) is 11.6 Å². The molecule has 2 aliphatic heterocycles. The van der Waals surface area contributed by atoms with Crippen LogP contribution in [0.4, 0.5) is 11.4 Å². The lowest BCUT2D eigenvalue weighted by molar-refractivity contribution is -0.126. The molecule has 0 aromatic heterocycles. The lowest BCUT2D eigenvalue weighted by Gasteiger charge is -2.28. The molecule has 0 unspecified atom stereocenters. The Bertz CT molecular complexity index is 1120. The van der Waals surface area contributed by atoms with Crippen LogP contribution in [-0.4, -0.2) is 24.2 Å². The average molecular weight is 451 g/mol. The zero-order valence-electron chi connectivity index (χ0n) is 16.6. The average Bonchev–Trinajstić information content (AvgIpc) is 3.31. The predicted octanol–water partition coefficient (Wildman–Crippen LogP) is 5.11. The maximum atomic E-state index is 13.5. The molecule has 3 aromatic carbocycles. The van der Waals surface area contributed by atoms with Crippen LogP contribution in [0.5, 0.6) is 0 Å². The molecule has 2 aliphatic rings. The fraction of sp³-hybridized carbons (Fsp3) is 0.167. The number of halogens is 1. The van der Waals surface area contributed by atoms with Gasteiger partial charge in [0.15, 0.2) is 6.10 Å². The van der Waals surface area contributed by atoms with Crippen molar-refractivity contribution in [3.05, 3.63) is 89.4 Å². The third-order valence-electron chi connectivity index (χ3n) is 5.67. The Balaban J connectivity index is 1.57. The zero-order chi connectivity index (χ0) is 21.5. The molecular formula is C24H19ClN2O3S. The number of hydrogen-bond acceptors (Lipinski definition) is 5. The van der Waals surface area contributed by atoms with Crippen LogP contribution < -0.4 is 9.96 Å². The van der Waals surface area contributed by atoms with E-state index in [0.717, 1.165) is 16.1 Å². The highest BCUT2D eigenvalue weighted by molar-refractivity contribution is 7.98. The van der Waals surface area contributed by atoms with Gasteiger partial charge in [-0.15, -0.1) is 11.8 Å². The van der Waals surface area contributed by atoms with E-state index in [1.165, 1.54) is 4.90 Å². The minimum absolute atomic E-state index is 0.269. The van der Waals surface area contributed by atoms with Gasteiger partial charge in [0.25, 0.3) is 5.91 Å². The van der Waals surface area contributed by atoms with Crippen molar-refractivity contribution in [2.45, 2.75) is 17.0 Å². The van der Waals surface area contributed by atoms with Crippen LogP contribution in [-0.2, 0) is 14.4 Å². The summed E-state index contributed by atoms with van der Waals surface area (Å²) in [7, 11) is 0. The molecule has 3 atom stereocenters. The molecule has 0 N–H and O–H groups in total. The molecule has 2 fully saturated rings. The third kappa shape index (κ3) is 3.41. The van der Waals surface area contributed by atoms with Crippen LogP contribution in [0, 0.1) is 5.92 Å². The minimum Gasteiger partial charge on any atom is -0.273 e. The summed E-state index contributed by atoms with van der Waals surface area (Å²) in [4.78, 5) is 35.3. The lowest BCUT2D eigenvalue weighted by Crippen LogP contribution is -2.37. The summed E-state index contributed by atoms with van der Waals surface area (Å²) in [5, 5.41) is 2.25. The summed E-state index contributed by atoms with van der Waals surface area (Å²) in [5.74, 6) is -1.28. The standard InChI is InChI=1S/C24H19ClN2O3S/c1-31-19-13-7-15(8-14-19)21-20-22(30-27(21)18-5-3-2-4-6-18)24(29)26(23(20)28)17-11-9-16(25)10-12-17/h2-14,20-22H,1H3/t20-,21+,22-/m1/s1. The molecule has 31 heavy (non-hydrogen) atoms. The van der Waals surface area contributed by atoms with Gasteiger partial charge in [0.2, 0.25) is 5.91 Å². The van der Waals surface area contributed by atoms with Crippen molar-refractivity contribution in [1.82, 2.24) is 0 Å². The van der Waals surface area contributed by atoms with Crippen LogP contribution in [0.2, 0.25) is 5.02 Å². The maximum absolute atomic E-state index is 13.5. The summed E-state index contributed by atoms with van der Waals surface area (Å²) < 4.78 is 0. The van der Waals surface area contributed by atoms with Gasteiger partial charge in [-0.1, -0.05) is 41.9 Å². The summed E-state index contributed by atoms with van der Waals surface area (Å²) >= 11 is 7.63. The topological polar surface area (TPSA) is 49.9 Å². The predicted molar refractivity (Wildman–Crippen MR) is 122 cm³/mol. The van der Waals surface area contributed by atoms with Gasteiger partial charge in [-0.3, -0.25) is 14.4 Å². The molecule has 5 rings (SSSR count). The number of anilines is 2. The largest absolute Gasteiger partial charge is 0.273 e. The van der Waals surface area contributed by atoms with Crippen molar-refractivity contribution < 1.29 is 14.4 Å². The highest BCUT2D eigenvalue weighted by Crippen LogP contribution is 2.47. The highest BCUT2D eigenvalue weighted by Gasteiger charge is 2.60. The second kappa shape index (κ2) is 8.04. The van der Waals surface area contributed by atoms with Gasteiger partial charge in [0.05, 0.1) is 17.4 Å². The number of imide groups is 1. The van der Waals surface area contributed by atoms with Crippen molar-refractivity contribution in [2.24, 2.45) is 5.92 Å². The molecule has 0 saturated carbocycles. The molecule has 2 saturated heterocycles. The van der Waals surface area contributed by atoms with Crippen molar-refractivity contribution in [3.8, 4) is 0 Å². The number of benzene rings is 3. The van der Waals surface area contributed by atoms with Crippen LogP contribution >= 0.6 is 23.4 Å². The first kappa shape index (κ1) is 20.1. The summed E-state index contributed by atoms with van der Waals surface area (Å²) in [5.41, 5.74) is 2.22. The highest BCUT2D eigenvalue weighted by atomic mass is 35.5. The third-order valence-corrected chi connectivity index (χ3v) is 6.66. The molecule has 0 aliphatic carbocycles. The van der Waals surface area contributed by atoms with Crippen molar-refractivity contribution in [2.75, 3.05) is 16.2 Å². The van der Waals surface area contributed by atoms with Crippen molar-refractivity contribution in [1.29, 1.82) is 0 Å². The molecule has 0 spiro atoms. The van der Waals surface area contributed by atoms with Gasteiger partial charge in [0.1, 0.15) is 5.92 Å². The molecule has 0 radical (unpaired) electrons. The van der Waals surface area contributed by atoms with E-state index in [1.807, 2.05) is 60.9 Å². The number of hydrogen-bond donors (Lipinski definition) is 0. The zero-order valence-corrected chi connectivity index (χ0v) is 18.2. The fourth-order valence-corrected chi connectivity index (χ4v) is 4.73. The smallest absolute Gasteiger partial charge is 0.266 e. The van der Waals surface area contributed by atoms with E-state index >= 15 is 0 Å². The number of para-hydroxylation sites is 1. The maximum Gasteiger partial charge on any atom is 0.266 e. The van der Waals surface area contributed by atoms with Gasteiger partial charge < -0.3 is 0 Å². The fourth-order valence-electron chi connectivity index (χ4n) is 4.20. The first-order valence-electron chi connectivity index (χ1n) is 9.87. The Kier molecular flexibility index (Phi) is 5.22. The lowest BCUT2D eigenvalue weighted by atomic mass is 9.90. The van der Waals surface area contributed by atoms with Crippen LogP contribution in [0.25, 0.3) is 0 Å². The first-order chi connectivity index (χ1) is 15.1. The Morgan fingerprint density at radius 1 is 0.839 bits per heavy atom. The number of thioether (sulfide) groups is 1. The Morgan fingerprint density at radius 2 is 1.52 bits per heavy atom. The van der Waals surface area contributed by atoms with Gasteiger partial charge in [-0.05, 0) is 60.4 Å².